The van der Waals surface area contributed by atoms with Crippen molar-refractivity contribution in [2.45, 2.75) is 33.9 Å². The number of benzene rings is 2. The van der Waals surface area contributed by atoms with Crippen LogP contribution < -0.4 is 27.6 Å². The summed E-state index contributed by atoms with van der Waals surface area (Å²) in [5, 5.41) is 0.323. The fraction of sp³-hybridized carbons (Fsp3) is 0.333. The number of methoxy groups -OCH3 is 1. The van der Waals surface area contributed by atoms with Crippen molar-refractivity contribution in [2.24, 2.45) is 10.9 Å². The molecule has 3 rings (SSSR count). The van der Waals surface area contributed by atoms with E-state index in [0.717, 1.165) is 20.4 Å². The number of aromatic nitrogens is 3. The molecule has 0 amide bonds. The lowest BCUT2D eigenvalue weighted by Gasteiger charge is -2.16. The van der Waals surface area contributed by atoms with E-state index < -0.39 is 23.3 Å². The molecule has 1 heterocycles. The van der Waals surface area contributed by atoms with Crippen LogP contribution in [0.15, 0.2) is 57.0 Å². The Kier molecular flexibility index (Phi) is 8.18. The van der Waals surface area contributed by atoms with Gasteiger partial charge in [-0.1, -0.05) is 48.4 Å². The van der Waals surface area contributed by atoms with Gasteiger partial charge in [-0.3, -0.25) is 9.36 Å². The Bertz CT molecular complexity index is 1410. The summed E-state index contributed by atoms with van der Waals surface area (Å²) in [6.45, 7) is 5.68. The maximum Gasteiger partial charge on any atom is 0.353 e. The first-order valence-electron chi connectivity index (χ1n) is 11.0. The van der Waals surface area contributed by atoms with E-state index in [0.29, 0.717) is 23.1 Å². The summed E-state index contributed by atoms with van der Waals surface area (Å²) in [4.78, 5) is 42.9. The second kappa shape index (κ2) is 11.1. The van der Waals surface area contributed by atoms with Gasteiger partial charge in [-0.05, 0) is 37.6 Å². The van der Waals surface area contributed by atoms with Gasteiger partial charge in [-0.2, -0.15) is 4.68 Å². The molecule has 0 aliphatic rings. The molecule has 2 aromatic carbocycles. The van der Waals surface area contributed by atoms with E-state index in [4.69, 9.17) is 26.9 Å². The number of aryl methyl sites for hydroxylation is 1. The number of nitrogens with two attached hydrogens (primary N) is 1. The van der Waals surface area contributed by atoms with E-state index in [1.165, 1.54) is 11.7 Å². The number of ether oxygens (including phenoxy) is 2. The highest BCUT2D eigenvalue weighted by molar-refractivity contribution is 6.32. The molecule has 3 aromatic rings. The summed E-state index contributed by atoms with van der Waals surface area (Å²) in [5.41, 5.74) is 0.661. The average Bonchev–Trinajstić information content (AvgIpc) is 2.84. The molecular weight excluding hydrogens is 474 g/mol. The third kappa shape index (κ3) is 5.83. The molecular formula is C24H28ClN5O5. The zero-order chi connectivity index (χ0) is 25.7. The van der Waals surface area contributed by atoms with E-state index in [9.17, 15) is 14.4 Å². The molecule has 0 fully saturated rings. The Labute approximate surface area is 206 Å². The van der Waals surface area contributed by atoms with E-state index in [1.807, 2.05) is 38.1 Å². The minimum absolute atomic E-state index is 0.0808. The van der Waals surface area contributed by atoms with Gasteiger partial charge in [0.15, 0.2) is 0 Å². The fourth-order valence-electron chi connectivity index (χ4n) is 3.44. The van der Waals surface area contributed by atoms with Gasteiger partial charge in [0.05, 0.1) is 36.9 Å². The summed E-state index contributed by atoms with van der Waals surface area (Å²) in [6, 6.07) is 12.4. The third-order valence-corrected chi connectivity index (χ3v) is 5.62. The minimum atomic E-state index is -0.818. The molecule has 0 spiro atoms. The first-order valence-corrected chi connectivity index (χ1v) is 11.4. The first-order chi connectivity index (χ1) is 16.7. The molecule has 0 radical (unpaired) electrons. The van der Waals surface area contributed by atoms with Gasteiger partial charge in [0, 0.05) is 6.54 Å². The molecule has 2 N–H and O–H groups in total. The molecule has 0 unspecified atom stereocenters. The molecule has 0 bridgehead atoms. The number of esters is 1. The van der Waals surface area contributed by atoms with Crippen LogP contribution in [0.25, 0.3) is 0 Å². The molecule has 186 valence electrons. The number of nitrogen functional groups attached to an aromatic ring is 1. The van der Waals surface area contributed by atoms with E-state index >= 15 is 0 Å². The van der Waals surface area contributed by atoms with Crippen molar-refractivity contribution >= 4 is 23.3 Å². The van der Waals surface area contributed by atoms with Crippen LogP contribution in [-0.2, 0) is 22.6 Å². The van der Waals surface area contributed by atoms with Crippen molar-refractivity contribution in [3.63, 3.8) is 0 Å². The molecule has 0 saturated carbocycles. The van der Waals surface area contributed by atoms with Crippen molar-refractivity contribution in [1.29, 1.82) is 0 Å². The van der Waals surface area contributed by atoms with Gasteiger partial charge in [0.2, 0.25) is 5.62 Å². The molecule has 1 aromatic heterocycles. The summed E-state index contributed by atoms with van der Waals surface area (Å²) in [7, 11) is 1.24. The van der Waals surface area contributed by atoms with Crippen molar-refractivity contribution < 1.29 is 14.3 Å². The lowest BCUT2D eigenvalue weighted by Crippen LogP contribution is -2.58. The highest BCUT2D eigenvalue weighted by Gasteiger charge is 2.20. The maximum atomic E-state index is 13.5. The number of halogens is 1. The Morgan fingerprint density at radius 3 is 2.40 bits per heavy atom. The largest absolute Gasteiger partial charge is 0.492 e. The molecule has 35 heavy (non-hydrogen) atoms. The fourth-order valence-corrected chi connectivity index (χ4v) is 3.67. The molecule has 10 nitrogen and oxygen atoms in total. The van der Waals surface area contributed by atoms with Gasteiger partial charge >= 0.3 is 17.3 Å². The van der Waals surface area contributed by atoms with Crippen LogP contribution in [-0.4, -0.2) is 33.5 Å². The summed E-state index contributed by atoms with van der Waals surface area (Å²) < 4.78 is 13.1. The highest BCUT2D eigenvalue weighted by atomic mass is 35.5. The predicted molar refractivity (Wildman–Crippen MR) is 132 cm³/mol. The quantitative estimate of drug-likeness (QED) is 0.372. The SMILES string of the molecule is CCOc1ccc(N=c2n(N)c(=O)n(C[C@H](C)C(=O)OC)c(=O)n2Cc2ccc(C)cc2)cc1Cl. The number of nitrogens with zero attached hydrogens (tertiary/aromatic N) is 4. The molecule has 0 aliphatic carbocycles. The van der Waals surface area contributed by atoms with Crippen molar-refractivity contribution in [1.82, 2.24) is 13.8 Å². The normalized spacial score (nSPS) is 12.4. The first kappa shape index (κ1) is 25.8. The van der Waals surface area contributed by atoms with Crippen LogP contribution in [0, 0.1) is 12.8 Å². The standard InChI is InChI=1S/C24H28ClN5O5/c1-5-35-20-11-10-18(12-19(20)25)27-22-28(14-17-8-6-15(2)7-9-17)23(32)29(24(33)30(22)26)13-16(3)21(31)34-4/h6-12,16H,5,13-14,26H2,1-4H3/t16-/m0/s1. The predicted octanol–water partition coefficient (Wildman–Crippen LogP) is 1.98. The smallest absolute Gasteiger partial charge is 0.353 e. The van der Waals surface area contributed by atoms with Gasteiger partial charge in [-0.25, -0.2) is 19.1 Å². The zero-order valence-electron chi connectivity index (χ0n) is 20.0. The Hall–Kier alpha value is -3.79. The summed E-state index contributed by atoms with van der Waals surface area (Å²) >= 11 is 6.29. The van der Waals surface area contributed by atoms with Crippen LogP contribution in [0.4, 0.5) is 5.69 Å². The molecule has 0 aliphatic heterocycles. The van der Waals surface area contributed by atoms with Crippen LogP contribution in [0.1, 0.15) is 25.0 Å². The summed E-state index contributed by atoms with van der Waals surface area (Å²) in [5.74, 6) is 5.32. The van der Waals surface area contributed by atoms with Gasteiger partial charge < -0.3 is 15.3 Å². The van der Waals surface area contributed by atoms with Crippen molar-refractivity contribution in [3.05, 3.63) is 85.2 Å². The van der Waals surface area contributed by atoms with E-state index in [2.05, 4.69) is 4.99 Å². The number of hydrogen-bond acceptors (Lipinski definition) is 7. The van der Waals surface area contributed by atoms with Crippen molar-refractivity contribution in [2.75, 3.05) is 19.6 Å². The summed E-state index contributed by atoms with van der Waals surface area (Å²) in [6.07, 6.45) is 0. The minimum Gasteiger partial charge on any atom is -0.492 e. The van der Waals surface area contributed by atoms with Crippen LogP contribution in [0.3, 0.4) is 0 Å². The molecule has 0 saturated heterocycles. The van der Waals surface area contributed by atoms with Gasteiger partial charge in [0.1, 0.15) is 5.75 Å². The zero-order valence-corrected chi connectivity index (χ0v) is 20.8. The molecule has 11 heteroatoms. The average molecular weight is 502 g/mol. The van der Waals surface area contributed by atoms with E-state index in [1.54, 1.807) is 25.1 Å². The second-order valence-corrected chi connectivity index (χ2v) is 8.41. The van der Waals surface area contributed by atoms with Gasteiger partial charge in [-0.15, -0.1) is 0 Å². The lowest BCUT2D eigenvalue weighted by molar-refractivity contribution is -0.145. The lowest BCUT2D eigenvalue weighted by atomic mass is 10.1. The number of hydrogen-bond donors (Lipinski definition) is 1. The monoisotopic (exact) mass is 501 g/mol. The third-order valence-electron chi connectivity index (χ3n) is 5.32. The van der Waals surface area contributed by atoms with E-state index in [-0.39, 0.29) is 18.7 Å². The molecule has 1 atom stereocenters. The Morgan fingerprint density at radius 2 is 1.80 bits per heavy atom. The Balaban J connectivity index is 2.23. The van der Waals surface area contributed by atoms with Crippen LogP contribution in [0.5, 0.6) is 5.75 Å². The number of rotatable bonds is 8. The Morgan fingerprint density at radius 1 is 1.11 bits per heavy atom. The second-order valence-electron chi connectivity index (χ2n) is 8.00. The van der Waals surface area contributed by atoms with Crippen LogP contribution >= 0.6 is 11.6 Å². The topological polar surface area (TPSA) is 123 Å². The van der Waals surface area contributed by atoms with Gasteiger partial charge in [0.25, 0.3) is 0 Å². The number of carbonyl (C=O) groups is 1. The number of carbonyl (C=O) groups excluding carboxylic acids is 1. The maximum absolute atomic E-state index is 13.5. The highest BCUT2D eigenvalue weighted by Crippen LogP contribution is 2.28. The van der Waals surface area contributed by atoms with Crippen LogP contribution in [0.2, 0.25) is 5.02 Å². The van der Waals surface area contributed by atoms with Crippen molar-refractivity contribution in [3.8, 4) is 5.75 Å².